The van der Waals surface area contributed by atoms with Gasteiger partial charge in [-0.15, -0.1) is 0 Å². The maximum atomic E-state index is 6.54. The number of hydrogen-bond acceptors (Lipinski definition) is 2. The molecule has 304 valence electrons. The summed E-state index contributed by atoms with van der Waals surface area (Å²) >= 11 is 0. The van der Waals surface area contributed by atoms with E-state index < -0.39 is 0 Å². The minimum Gasteiger partial charge on any atom is -0.455 e. The summed E-state index contributed by atoms with van der Waals surface area (Å²) in [5.41, 5.74) is 15.4. The van der Waals surface area contributed by atoms with Gasteiger partial charge in [-0.2, -0.15) is 0 Å². The number of aromatic nitrogens is 1. The molecular formula is C62H40N2O. The molecule has 0 aliphatic carbocycles. The number of nitrogens with zero attached hydrogens (tertiary/aromatic N) is 2. The summed E-state index contributed by atoms with van der Waals surface area (Å²) in [6.45, 7) is 0. The molecular weight excluding hydrogens is 789 g/mol. The van der Waals surface area contributed by atoms with E-state index in [1.165, 1.54) is 60.0 Å². The van der Waals surface area contributed by atoms with Crippen LogP contribution in [0.5, 0.6) is 0 Å². The zero-order valence-electron chi connectivity index (χ0n) is 35.4. The van der Waals surface area contributed by atoms with Crippen molar-refractivity contribution in [2.45, 2.75) is 0 Å². The van der Waals surface area contributed by atoms with Crippen LogP contribution < -0.4 is 4.90 Å². The molecule has 2 heterocycles. The van der Waals surface area contributed by atoms with Crippen LogP contribution in [0.3, 0.4) is 0 Å². The van der Waals surface area contributed by atoms with Crippen LogP contribution in [-0.4, -0.2) is 4.57 Å². The summed E-state index contributed by atoms with van der Waals surface area (Å²) in [5, 5.41) is 9.78. The van der Waals surface area contributed by atoms with Crippen molar-refractivity contribution in [3.63, 3.8) is 0 Å². The molecule has 0 saturated carbocycles. The van der Waals surface area contributed by atoms with Gasteiger partial charge in [-0.25, -0.2) is 0 Å². The van der Waals surface area contributed by atoms with Gasteiger partial charge in [0.2, 0.25) is 0 Å². The molecule has 13 aromatic rings. The van der Waals surface area contributed by atoms with Crippen molar-refractivity contribution in [3.05, 3.63) is 243 Å². The minimum atomic E-state index is 0.895. The van der Waals surface area contributed by atoms with Gasteiger partial charge < -0.3 is 13.9 Å². The molecule has 65 heavy (non-hydrogen) atoms. The van der Waals surface area contributed by atoms with E-state index >= 15 is 0 Å². The van der Waals surface area contributed by atoms with Gasteiger partial charge in [-0.3, -0.25) is 0 Å². The molecule has 0 spiro atoms. The van der Waals surface area contributed by atoms with Crippen LogP contribution in [-0.2, 0) is 0 Å². The minimum absolute atomic E-state index is 0.895. The zero-order valence-corrected chi connectivity index (χ0v) is 35.4. The molecule has 3 nitrogen and oxygen atoms in total. The van der Waals surface area contributed by atoms with Crippen molar-refractivity contribution in [2.24, 2.45) is 0 Å². The summed E-state index contributed by atoms with van der Waals surface area (Å²) in [6, 6.07) is 87.7. The van der Waals surface area contributed by atoms with E-state index in [0.29, 0.717) is 0 Å². The molecule has 13 rings (SSSR count). The van der Waals surface area contributed by atoms with Crippen molar-refractivity contribution in [3.8, 4) is 39.1 Å². The fraction of sp³-hybridized carbons (Fsp3) is 0. The van der Waals surface area contributed by atoms with E-state index in [1.54, 1.807) is 0 Å². The third-order valence-corrected chi connectivity index (χ3v) is 13.2. The Morgan fingerprint density at radius 3 is 1.58 bits per heavy atom. The van der Waals surface area contributed by atoms with Crippen molar-refractivity contribution in [1.29, 1.82) is 0 Å². The largest absolute Gasteiger partial charge is 0.455 e. The highest BCUT2D eigenvalue weighted by Gasteiger charge is 2.19. The number of benzene rings is 11. The van der Waals surface area contributed by atoms with Crippen LogP contribution in [0.1, 0.15) is 0 Å². The highest BCUT2D eigenvalue weighted by atomic mass is 16.3. The maximum Gasteiger partial charge on any atom is 0.143 e. The SMILES string of the molecule is c1cc(-c2cccc3c2oc2ccccc23)cc(N(c2ccc(-c3ccccc3-n3c4ccccc4c4ccccc43)cc2)c2ccc(-c3cc4ccccc4c4ccccc34)cc2)c1. The standard InChI is InChI=1S/C62H40N2O/c1-2-18-48-44(15-1)40-57(52-21-4-3-20-51(48)52)42-33-37-46(38-34-42)63(47-17-13-16-43(39-47)50-25-14-26-56-55-24-8-12-30-61(55)65-62(50)56)45-35-31-41(32-36-45)49-19-5-9-27-58(49)64-59-28-10-6-22-53(59)54-23-7-11-29-60(54)64/h1-40H. The number of anilines is 3. The lowest BCUT2D eigenvalue weighted by atomic mass is 9.93. The Morgan fingerprint density at radius 2 is 0.846 bits per heavy atom. The Labute approximate surface area is 376 Å². The lowest BCUT2D eigenvalue weighted by Gasteiger charge is -2.27. The van der Waals surface area contributed by atoms with Crippen molar-refractivity contribution >= 4 is 82.4 Å². The lowest BCUT2D eigenvalue weighted by Crippen LogP contribution is -2.10. The van der Waals surface area contributed by atoms with E-state index in [-0.39, 0.29) is 0 Å². The molecule has 0 atom stereocenters. The molecule has 0 bridgehead atoms. The third kappa shape index (κ3) is 6.05. The van der Waals surface area contributed by atoms with E-state index in [1.807, 2.05) is 12.1 Å². The zero-order chi connectivity index (χ0) is 42.8. The second-order valence-corrected chi connectivity index (χ2v) is 16.8. The number of furan rings is 1. The quantitative estimate of drug-likeness (QED) is 0.149. The fourth-order valence-corrected chi connectivity index (χ4v) is 10.2. The predicted octanol–water partition coefficient (Wildman–Crippen LogP) is 17.5. The third-order valence-electron chi connectivity index (χ3n) is 13.2. The summed E-state index contributed by atoms with van der Waals surface area (Å²) in [7, 11) is 0. The Kier molecular flexibility index (Phi) is 8.53. The van der Waals surface area contributed by atoms with Crippen molar-refractivity contribution in [1.82, 2.24) is 4.57 Å². The fourth-order valence-electron chi connectivity index (χ4n) is 10.2. The van der Waals surface area contributed by atoms with Gasteiger partial charge in [0.05, 0.1) is 16.7 Å². The van der Waals surface area contributed by atoms with E-state index in [4.69, 9.17) is 4.42 Å². The number of rotatable bonds is 7. The first-order valence-corrected chi connectivity index (χ1v) is 22.2. The highest BCUT2D eigenvalue weighted by Crippen LogP contribution is 2.43. The molecule has 0 fully saturated rings. The second-order valence-electron chi connectivity index (χ2n) is 16.8. The summed E-state index contributed by atoms with van der Waals surface area (Å²) < 4.78 is 8.95. The van der Waals surface area contributed by atoms with Gasteiger partial charge >= 0.3 is 0 Å². The van der Waals surface area contributed by atoms with Gasteiger partial charge in [-0.05, 0) is 111 Å². The molecule has 0 amide bonds. The average molecular weight is 829 g/mol. The van der Waals surface area contributed by atoms with Crippen LogP contribution in [0.25, 0.3) is 104 Å². The van der Waals surface area contributed by atoms with E-state index in [2.05, 4.69) is 240 Å². The van der Waals surface area contributed by atoms with Crippen LogP contribution in [0, 0.1) is 0 Å². The summed E-state index contributed by atoms with van der Waals surface area (Å²) in [6.07, 6.45) is 0. The Balaban J connectivity index is 0.949. The topological polar surface area (TPSA) is 21.3 Å². The normalized spacial score (nSPS) is 11.7. The Hall–Kier alpha value is -8.66. The number of hydrogen-bond donors (Lipinski definition) is 0. The van der Waals surface area contributed by atoms with Gasteiger partial charge in [0.1, 0.15) is 11.2 Å². The van der Waals surface area contributed by atoms with Crippen molar-refractivity contribution in [2.75, 3.05) is 4.90 Å². The summed E-state index contributed by atoms with van der Waals surface area (Å²) in [5.74, 6) is 0. The molecule has 0 aliphatic rings. The summed E-state index contributed by atoms with van der Waals surface area (Å²) in [4.78, 5) is 2.37. The molecule has 0 N–H and O–H groups in total. The number of fused-ring (bicyclic) bond motifs is 9. The van der Waals surface area contributed by atoms with Crippen LogP contribution >= 0.6 is 0 Å². The lowest BCUT2D eigenvalue weighted by molar-refractivity contribution is 0.670. The molecule has 0 saturated heterocycles. The van der Waals surface area contributed by atoms with Crippen LogP contribution in [0.2, 0.25) is 0 Å². The predicted molar refractivity (Wildman–Crippen MR) is 274 cm³/mol. The molecule has 3 heteroatoms. The molecule has 0 radical (unpaired) electrons. The Morgan fingerprint density at radius 1 is 0.308 bits per heavy atom. The maximum absolute atomic E-state index is 6.54. The van der Waals surface area contributed by atoms with Gasteiger partial charge in [0.25, 0.3) is 0 Å². The van der Waals surface area contributed by atoms with E-state index in [9.17, 15) is 0 Å². The van der Waals surface area contributed by atoms with Crippen LogP contribution in [0.4, 0.5) is 17.1 Å². The van der Waals surface area contributed by atoms with Crippen LogP contribution in [0.15, 0.2) is 247 Å². The number of para-hydroxylation sites is 5. The first-order valence-electron chi connectivity index (χ1n) is 22.2. The van der Waals surface area contributed by atoms with Crippen molar-refractivity contribution < 1.29 is 4.42 Å². The smallest absolute Gasteiger partial charge is 0.143 e. The first kappa shape index (κ1) is 36.9. The van der Waals surface area contributed by atoms with Gasteiger partial charge in [0, 0.05) is 49.7 Å². The monoisotopic (exact) mass is 828 g/mol. The van der Waals surface area contributed by atoms with Gasteiger partial charge in [0.15, 0.2) is 0 Å². The highest BCUT2D eigenvalue weighted by molar-refractivity contribution is 6.14. The van der Waals surface area contributed by atoms with E-state index in [0.717, 1.165) is 61.4 Å². The molecule has 11 aromatic carbocycles. The van der Waals surface area contributed by atoms with Gasteiger partial charge in [-0.1, -0.05) is 176 Å². The Bertz CT molecular complexity index is 3900. The second kappa shape index (κ2) is 15.0. The first-order chi connectivity index (χ1) is 32.2. The molecule has 0 aliphatic heterocycles. The molecule has 2 aromatic heterocycles. The molecule has 0 unspecified atom stereocenters. The average Bonchev–Trinajstić information content (AvgIpc) is 3.93.